The summed E-state index contributed by atoms with van der Waals surface area (Å²) in [4.78, 5) is 12.7. The van der Waals surface area contributed by atoms with Gasteiger partial charge in [-0.25, -0.2) is 24.3 Å². The fourth-order valence-electron chi connectivity index (χ4n) is 1.94. The zero-order valence-corrected chi connectivity index (χ0v) is 11.6. The number of aryl methyl sites for hydroxylation is 1. The van der Waals surface area contributed by atoms with Gasteiger partial charge in [0.2, 0.25) is 0 Å². The molecule has 8 heteroatoms. The summed E-state index contributed by atoms with van der Waals surface area (Å²) in [6.45, 7) is 6.43. The molecule has 0 fully saturated rings. The number of aromatic nitrogens is 7. The summed E-state index contributed by atoms with van der Waals surface area (Å²) in [7, 11) is 0. The molecule has 0 bridgehead atoms. The van der Waals surface area contributed by atoms with Crippen molar-refractivity contribution in [2.45, 2.75) is 33.4 Å². The van der Waals surface area contributed by atoms with Crippen LogP contribution in [-0.4, -0.2) is 34.5 Å². The molecule has 0 spiro atoms. The fraction of sp³-hybridized carbons (Fsp3) is 0.417. The van der Waals surface area contributed by atoms with Gasteiger partial charge in [0, 0.05) is 6.04 Å². The van der Waals surface area contributed by atoms with Crippen molar-refractivity contribution in [1.29, 1.82) is 0 Å². The van der Waals surface area contributed by atoms with Crippen molar-refractivity contribution < 1.29 is 4.42 Å². The van der Waals surface area contributed by atoms with E-state index in [1.807, 2.05) is 25.5 Å². The lowest BCUT2D eigenvalue weighted by molar-refractivity contribution is 0.519. The molecular formula is C12H15N7O. The molecule has 20 heavy (non-hydrogen) atoms. The minimum atomic E-state index is 0.179. The molecule has 0 aliphatic rings. The Morgan fingerprint density at radius 3 is 2.80 bits per heavy atom. The summed E-state index contributed by atoms with van der Waals surface area (Å²) in [5, 5.41) is 8.57. The van der Waals surface area contributed by atoms with Crippen LogP contribution in [0.5, 0.6) is 0 Å². The van der Waals surface area contributed by atoms with Crippen LogP contribution in [0.3, 0.4) is 0 Å². The maximum absolute atomic E-state index is 5.25. The monoisotopic (exact) mass is 273 g/mol. The normalized spacial score (nSPS) is 11.4. The Morgan fingerprint density at radius 2 is 2.20 bits per heavy atom. The third kappa shape index (κ3) is 2.20. The third-order valence-corrected chi connectivity index (χ3v) is 2.89. The Hall–Kier alpha value is -2.51. The Bertz CT molecular complexity index is 695. The van der Waals surface area contributed by atoms with Gasteiger partial charge in [0.15, 0.2) is 18.0 Å². The number of oxazole rings is 1. The second kappa shape index (κ2) is 4.87. The standard InChI is InChI=1S/C12H15N7O/c1-8(2)19-12(11-9(3)20-7-14-11)16-10(17-19)4-18-6-13-5-15-18/h5-8H,4H2,1-3H3. The van der Waals surface area contributed by atoms with Crippen molar-refractivity contribution in [1.82, 2.24) is 34.5 Å². The number of rotatable bonds is 4. The van der Waals surface area contributed by atoms with E-state index in [9.17, 15) is 0 Å². The van der Waals surface area contributed by atoms with Crippen LogP contribution >= 0.6 is 0 Å². The first kappa shape index (κ1) is 12.5. The molecule has 0 saturated carbocycles. The zero-order chi connectivity index (χ0) is 14.1. The average molecular weight is 273 g/mol. The van der Waals surface area contributed by atoms with Crippen molar-refractivity contribution in [3.05, 3.63) is 30.6 Å². The summed E-state index contributed by atoms with van der Waals surface area (Å²) in [5.74, 6) is 2.11. The second-order valence-corrected chi connectivity index (χ2v) is 4.74. The second-order valence-electron chi connectivity index (χ2n) is 4.74. The van der Waals surface area contributed by atoms with Crippen LogP contribution < -0.4 is 0 Å². The lowest BCUT2D eigenvalue weighted by Crippen LogP contribution is -2.07. The van der Waals surface area contributed by atoms with Crippen LogP contribution in [0.2, 0.25) is 0 Å². The Kier molecular flexibility index (Phi) is 3.05. The highest BCUT2D eigenvalue weighted by molar-refractivity contribution is 5.51. The van der Waals surface area contributed by atoms with Gasteiger partial charge in [0.1, 0.15) is 30.7 Å². The van der Waals surface area contributed by atoms with Gasteiger partial charge in [-0.15, -0.1) is 0 Å². The van der Waals surface area contributed by atoms with Crippen LogP contribution in [0.1, 0.15) is 31.5 Å². The van der Waals surface area contributed by atoms with E-state index in [-0.39, 0.29) is 6.04 Å². The Labute approximate surface area is 115 Å². The van der Waals surface area contributed by atoms with Crippen LogP contribution in [0.4, 0.5) is 0 Å². The molecule has 104 valence electrons. The molecule has 3 rings (SSSR count). The van der Waals surface area contributed by atoms with Gasteiger partial charge in [-0.05, 0) is 20.8 Å². The lowest BCUT2D eigenvalue weighted by Gasteiger charge is -2.07. The first-order valence-corrected chi connectivity index (χ1v) is 6.33. The van der Waals surface area contributed by atoms with Crippen molar-refractivity contribution in [2.24, 2.45) is 0 Å². The molecule has 0 atom stereocenters. The summed E-state index contributed by atoms with van der Waals surface area (Å²) < 4.78 is 8.77. The highest BCUT2D eigenvalue weighted by atomic mass is 16.3. The van der Waals surface area contributed by atoms with Gasteiger partial charge in [-0.3, -0.25) is 0 Å². The molecule has 0 amide bonds. The van der Waals surface area contributed by atoms with Crippen LogP contribution in [0, 0.1) is 6.92 Å². The van der Waals surface area contributed by atoms with Crippen LogP contribution in [0.15, 0.2) is 23.5 Å². The molecule has 3 aromatic rings. The zero-order valence-electron chi connectivity index (χ0n) is 11.6. The summed E-state index contributed by atoms with van der Waals surface area (Å²) >= 11 is 0. The molecule has 0 aliphatic carbocycles. The molecule has 3 aromatic heterocycles. The van der Waals surface area contributed by atoms with Gasteiger partial charge in [-0.2, -0.15) is 10.2 Å². The number of nitrogens with zero attached hydrogens (tertiary/aromatic N) is 7. The molecule has 0 unspecified atom stereocenters. The van der Waals surface area contributed by atoms with E-state index in [0.717, 1.165) is 11.5 Å². The molecule has 0 N–H and O–H groups in total. The first-order chi connectivity index (χ1) is 9.65. The van der Waals surface area contributed by atoms with Gasteiger partial charge in [0.05, 0.1) is 0 Å². The first-order valence-electron chi connectivity index (χ1n) is 6.33. The summed E-state index contributed by atoms with van der Waals surface area (Å²) in [6.07, 6.45) is 4.54. The Morgan fingerprint density at radius 1 is 1.35 bits per heavy atom. The fourth-order valence-corrected chi connectivity index (χ4v) is 1.94. The average Bonchev–Trinajstić information content (AvgIpc) is 3.09. The van der Waals surface area contributed by atoms with Gasteiger partial charge < -0.3 is 4.42 Å². The molecule has 0 radical (unpaired) electrons. The maximum atomic E-state index is 5.25. The van der Waals surface area contributed by atoms with Crippen molar-refractivity contribution >= 4 is 0 Å². The largest absolute Gasteiger partial charge is 0.448 e. The van der Waals surface area contributed by atoms with E-state index in [1.54, 1.807) is 11.0 Å². The molecule has 8 nitrogen and oxygen atoms in total. The summed E-state index contributed by atoms with van der Waals surface area (Å²) in [5.41, 5.74) is 0.719. The number of hydrogen-bond donors (Lipinski definition) is 0. The van der Waals surface area contributed by atoms with E-state index >= 15 is 0 Å². The third-order valence-electron chi connectivity index (χ3n) is 2.89. The van der Waals surface area contributed by atoms with Crippen molar-refractivity contribution in [2.75, 3.05) is 0 Å². The minimum Gasteiger partial charge on any atom is -0.448 e. The molecular weight excluding hydrogens is 258 g/mol. The van der Waals surface area contributed by atoms with E-state index in [2.05, 4.69) is 25.1 Å². The van der Waals surface area contributed by atoms with E-state index in [4.69, 9.17) is 4.42 Å². The quantitative estimate of drug-likeness (QED) is 0.715. The van der Waals surface area contributed by atoms with E-state index in [1.165, 1.54) is 12.7 Å². The highest BCUT2D eigenvalue weighted by Crippen LogP contribution is 2.22. The van der Waals surface area contributed by atoms with Gasteiger partial charge in [0.25, 0.3) is 0 Å². The van der Waals surface area contributed by atoms with Crippen molar-refractivity contribution in [3.8, 4) is 11.5 Å². The highest BCUT2D eigenvalue weighted by Gasteiger charge is 2.19. The number of hydrogen-bond acceptors (Lipinski definition) is 6. The lowest BCUT2D eigenvalue weighted by atomic mass is 10.3. The van der Waals surface area contributed by atoms with E-state index in [0.29, 0.717) is 18.2 Å². The summed E-state index contributed by atoms with van der Waals surface area (Å²) in [6, 6.07) is 0.179. The SMILES string of the molecule is Cc1ocnc1-c1nc(Cn2cncn2)nn1C(C)C. The maximum Gasteiger partial charge on any atom is 0.181 e. The molecule has 0 aliphatic heterocycles. The van der Waals surface area contributed by atoms with Gasteiger partial charge in [-0.1, -0.05) is 0 Å². The molecule has 3 heterocycles. The van der Waals surface area contributed by atoms with Gasteiger partial charge >= 0.3 is 0 Å². The smallest absolute Gasteiger partial charge is 0.181 e. The van der Waals surface area contributed by atoms with Crippen LogP contribution in [-0.2, 0) is 6.54 Å². The van der Waals surface area contributed by atoms with Crippen LogP contribution in [0.25, 0.3) is 11.5 Å². The predicted molar refractivity (Wildman–Crippen MR) is 69.8 cm³/mol. The topological polar surface area (TPSA) is 87.4 Å². The predicted octanol–water partition coefficient (Wildman–Crippen LogP) is 1.46. The molecule has 0 saturated heterocycles. The minimum absolute atomic E-state index is 0.179. The van der Waals surface area contributed by atoms with Crippen molar-refractivity contribution in [3.63, 3.8) is 0 Å². The molecule has 0 aromatic carbocycles. The van der Waals surface area contributed by atoms with E-state index < -0.39 is 0 Å². The Balaban J connectivity index is 2.01.